The Morgan fingerprint density at radius 1 is 1.00 bits per heavy atom. The molecule has 0 aliphatic heterocycles. The molecule has 0 heterocycles. The number of hydrogen-bond acceptors (Lipinski definition) is 3. The molecule has 0 saturated heterocycles. The lowest BCUT2D eigenvalue weighted by Crippen LogP contribution is -2.19. The summed E-state index contributed by atoms with van der Waals surface area (Å²) >= 11 is 0. The second kappa shape index (κ2) is 10.8. The van der Waals surface area contributed by atoms with Crippen LogP contribution in [0.5, 0.6) is 0 Å². The maximum absolute atomic E-state index is 11.8. The minimum atomic E-state index is -0.187. The monoisotopic (exact) mass is 306 g/mol. The summed E-state index contributed by atoms with van der Waals surface area (Å²) in [7, 11) is 0. The third kappa shape index (κ3) is 7.78. The summed E-state index contributed by atoms with van der Waals surface area (Å²) < 4.78 is 5.31. The Hall–Kier alpha value is -1.88. The molecule has 0 unspecified atom stereocenters. The van der Waals surface area contributed by atoms with Gasteiger partial charge in [-0.05, 0) is 31.0 Å². The predicted octanol–water partition coefficient (Wildman–Crippen LogP) is 3.57. The van der Waals surface area contributed by atoms with E-state index < -0.39 is 0 Å². The number of carbonyl (C=O) groups excluding carboxylic acids is 2. The van der Waals surface area contributed by atoms with E-state index in [-0.39, 0.29) is 18.4 Å². The van der Waals surface area contributed by atoms with Crippen molar-refractivity contribution < 1.29 is 14.3 Å². The van der Waals surface area contributed by atoms with E-state index in [1.807, 2.05) is 6.92 Å². The van der Waals surface area contributed by atoms with Crippen LogP contribution in [0.3, 0.4) is 0 Å². The van der Waals surface area contributed by atoms with E-state index in [1.54, 1.807) is 24.3 Å². The van der Waals surface area contributed by atoms with Crippen molar-refractivity contribution in [3.05, 3.63) is 24.3 Å². The number of nitrogens with one attached hydrogen (secondary N) is 2. The van der Waals surface area contributed by atoms with Crippen LogP contribution in [-0.4, -0.2) is 25.0 Å². The number of anilines is 2. The molecule has 22 heavy (non-hydrogen) atoms. The van der Waals surface area contributed by atoms with Crippen LogP contribution in [0.15, 0.2) is 24.3 Å². The number of ether oxygens (including phenoxy) is 1. The molecule has 0 aliphatic carbocycles. The van der Waals surface area contributed by atoms with E-state index in [2.05, 4.69) is 17.6 Å². The zero-order valence-corrected chi connectivity index (χ0v) is 13.5. The van der Waals surface area contributed by atoms with Gasteiger partial charge < -0.3 is 15.4 Å². The van der Waals surface area contributed by atoms with Gasteiger partial charge in [0.2, 0.25) is 11.8 Å². The van der Waals surface area contributed by atoms with Gasteiger partial charge in [0.25, 0.3) is 0 Å². The number of carbonyl (C=O) groups is 2. The Balaban J connectivity index is 2.38. The average Bonchev–Trinajstić information content (AvgIpc) is 2.47. The van der Waals surface area contributed by atoms with Crippen LogP contribution in [0.25, 0.3) is 0 Å². The molecule has 0 spiro atoms. The van der Waals surface area contributed by atoms with E-state index in [0.717, 1.165) is 25.7 Å². The molecule has 5 nitrogen and oxygen atoms in total. The summed E-state index contributed by atoms with van der Waals surface area (Å²) in [6, 6.07) is 7.11. The lowest BCUT2D eigenvalue weighted by Gasteiger charge is -2.09. The first-order valence-electron chi connectivity index (χ1n) is 7.93. The molecule has 1 rings (SSSR count). The molecule has 0 fully saturated rings. The molecule has 0 saturated carbocycles. The van der Waals surface area contributed by atoms with Gasteiger partial charge in [-0.15, -0.1) is 0 Å². The van der Waals surface area contributed by atoms with Gasteiger partial charge >= 0.3 is 0 Å². The molecule has 0 bridgehead atoms. The quantitative estimate of drug-likeness (QED) is 0.649. The molecule has 5 heteroatoms. The van der Waals surface area contributed by atoms with Crippen molar-refractivity contribution in [2.45, 2.75) is 46.0 Å². The Bertz CT molecular complexity index is 475. The van der Waals surface area contributed by atoms with Gasteiger partial charge in [-0.25, -0.2) is 0 Å². The van der Waals surface area contributed by atoms with E-state index in [1.165, 1.54) is 0 Å². The lowest BCUT2D eigenvalue weighted by atomic mass is 10.2. The fourth-order valence-corrected chi connectivity index (χ4v) is 1.94. The molecule has 1 aromatic rings. The average molecular weight is 306 g/mol. The van der Waals surface area contributed by atoms with Crippen molar-refractivity contribution in [3.8, 4) is 0 Å². The summed E-state index contributed by atoms with van der Waals surface area (Å²) in [4.78, 5) is 23.3. The Morgan fingerprint density at radius 3 is 2.32 bits per heavy atom. The minimum Gasteiger partial charge on any atom is -0.372 e. The molecular formula is C17H26N2O3. The summed E-state index contributed by atoms with van der Waals surface area (Å²) in [6.07, 6.45) is 4.51. The van der Waals surface area contributed by atoms with Crippen molar-refractivity contribution >= 4 is 23.2 Å². The van der Waals surface area contributed by atoms with Crippen LogP contribution in [0.2, 0.25) is 0 Å². The van der Waals surface area contributed by atoms with E-state index in [4.69, 9.17) is 4.74 Å². The molecule has 0 aromatic heterocycles. The number of rotatable bonds is 10. The predicted molar refractivity (Wildman–Crippen MR) is 89.0 cm³/mol. The maximum atomic E-state index is 11.8. The van der Waals surface area contributed by atoms with Crippen molar-refractivity contribution in [1.82, 2.24) is 0 Å². The molecule has 0 radical (unpaired) electrons. The van der Waals surface area contributed by atoms with Crippen LogP contribution in [0.1, 0.15) is 46.0 Å². The lowest BCUT2D eigenvalue weighted by molar-refractivity contribution is -0.120. The number of unbranched alkanes of at least 4 members (excludes halogenated alkanes) is 2. The summed E-state index contributed by atoms with van der Waals surface area (Å²) in [5.41, 5.74) is 1.33. The highest BCUT2D eigenvalue weighted by atomic mass is 16.5. The highest BCUT2D eigenvalue weighted by Gasteiger charge is 2.05. The number of benzene rings is 1. The van der Waals surface area contributed by atoms with Gasteiger partial charge in [-0.1, -0.05) is 32.8 Å². The molecular weight excluding hydrogens is 280 g/mol. The zero-order chi connectivity index (χ0) is 16.2. The second-order valence-electron chi connectivity index (χ2n) is 5.19. The zero-order valence-electron chi connectivity index (χ0n) is 13.5. The summed E-state index contributed by atoms with van der Waals surface area (Å²) in [5, 5.41) is 5.56. The molecule has 2 amide bonds. The first kappa shape index (κ1) is 18.2. The van der Waals surface area contributed by atoms with Crippen molar-refractivity contribution in [1.29, 1.82) is 0 Å². The van der Waals surface area contributed by atoms with Gasteiger partial charge in [0.1, 0.15) is 6.61 Å². The summed E-state index contributed by atoms with van der Waals surface area (Å²) in [6.45, 7) is 4.74. The van der Waals surface area contributed by atoms with Crippen molar-refractivity contribution in [3.63, 3.8) is 0 Å². The molecule has 1 aromatic carbocycles. The van der Waals surface area contributed by atoms with Crippen LogP contribution >= 0.6 is 0 Å². The van der Waals surface area contributed by atoms with Gasteiger partial charge in [0, 0.05) is 24.4 Å². The summed E-state index contributed by atoms with van der Waals surface area (Å²) in [5.74, 6) is -0.209. The van der Waals surface area contributed by atoms with Crippen LogP contribution in [-0.2, 0) is 14.3 Å². The van der Waals surface area contributed by atoms with Gasteiger partial charge in [-0.3, -0.25) is 9.59 Å². The third-order valence-electron chi connectivity index (χ3n) is 3.03. The van der Waals surface area contributed by atoms with E-state index in [9.17, 15) is 9.59 Å². The Kier molecular flexibility index (Phi) is 8.91. The minimum absolute atomic E-state index is 0.0229. The molecule has 2 N–H and O–H groups in total. The van der Waals surface area contributed by atoms with Crippen LogP contribution < -0.4 is 10.6 Å². The Morgan fingerprint density at radius 2 is 1.68 bits per heavy atom. The van der Waals surface area contributed by atoms with Gasteiger partial charge in [0.05, 0.1) is 0 Å². The SMILES string of the molecule is CCCCCOCC(=O)Nc1cccc(NC(=O)CCC)c1. The third-order valence-corrected chi connectivity index (χ3v) is 3.03. The first-order valence-corrected chi connectivity index (χ1v) is 7.93. The highest BCUT2D eigenvalue weighted by Crippen LogP contribution is 2.15. The fraction of sp³-hybridized carbons (Fsp3) is 0.529. The van der Waals surface area contributed by atoms with E-state index >= 15 is 0 Å². The fourth-order valence-electron chi connectivity index (χ4n) is 1.94. The van der Waals surface area contributed by atoms with Gasteiger partial charge in [0.15, 0.2) is 0 Å². The molecule has 0 atom stereocenters. The molecule has 0 aliphatic rings. The number of amides is 2. The van der Waals surface area contributed by atoms with Crippen molar-refractivity contribution in [2.24, 2.45) is 0 Å². The smallest absolute Gasteiger partial charge is 0.250 e. The first-order chi connectivity index (χ1) is 10.7. The van der Waals surface area contributed by atoms with E-state index in [0.29, 0.717) is 24.4 Å². The topological polar surface area (TPSA) is 67.4 Å². The van der Waals surface area contributed by atoms with Gasteiger partial charge in [-0.2, -0.15) is 0 Å². The van der Waals surface area contributed by atoms with Crippen molar-refractivity contribution in [2.75, 3.05) is 23.8 Å². The maximum Gasteiger partial charge on any atom is 0.250 e. The Labute approximate surface area is 132 Å². The normalized spacial score (nSPS) is 10.3. The highest BCUT2D eigenvalue weighted by molar-refractivity contribution is 5.94. The number of hydrogen-bond donors (Lipinski definition) is 2. The second-order valence-corrected chi connectivity index (χ2v) is 5.19. The standard InChI is InChI=1S/C17H26N2O3/c1-3-5-6-11-22-13-17(21)19-15-10-7-9-14(12-15)18-16(20)8-4-2/h7,9-10,12H,3-6,8,11,13H2,1-2H3,(H,18,20)(H,19,21). The largest absolute Gasteiger partial charge is 0.372 e. The molecule has 122 valence electrons. The van der Waals surface area contributed by atoms with Crippen LogP contribution in [0, 0.1) is 0 Å². The van der Waals surface area contributed by atoms with Crippen LogP contribution in [0.4, 0.5) is 11.4 Å².